The Labute approximate surface area is 198 Å². The van der Waals surface area contributed by atoms with E-state index in [1.165, 1.54) is 19.3 Å². The van der Waals surface area contributed by atoms with Crippen molar-refractivity contribution in [2.45, 2.75) is 60.7 Å². The van der Waals surface area contributed by atoms with Crippen molar-refractivity contribution < 1.29 is 14.6 Å². The van der Waals surface area contributed by atoms with E-state index in [1.54, 1.807) is 0 Å². The number of hydrogen-bond acceptors (Lipinski definition) is 5. The SMILES string of the molecule is CCOC(=O)c1c(CSN2CCCCC2)n(C2CC2)c2cc(Br)c(O)[c]([Sn]([CH3])[CH3])c12. The monoisotopic (exact) mass is 601 g/mol. The number of ether oxygens (including phenoxy) is 1. The summed E-state index contributed by atoms with van der Waals surface area (Å²) in [7, 11) is 0. The van der Waals surface area contributed by atoms with E-state index in [1.807, 2.05) is 24.9 Å². The molecule has 0 amide bonds. The molecular formula is C22H30BrN2O3SSn. The van der Waals surface area contributed by atoms with E-state index in [0.717, 1.165) is 56.3 Å². The Morgan fingerprint density at radius 1 is 1.30 bits per heavy atom. The zero-order valence-corrected chi connectivity index (χ0v) is 23.2. The number of carbonyl (C=O) groups excluding carboxylic acids is 1. The molecule has 0 unspecified atom stereocenters. The summed E-state index contributed by atoms with van der Waals surface area (Å²) in [6, 6.07) is 2.45. The molecular weight excluding hydrogens is 571 g/mol. The standard InChI is InChI=1S/C20H24BrN2O3S.2CH3.Sn/c1-2-26-20(25)19-14-10-18(24)15(21)11-16(14)23(13-6-7-13)17(19)12-27-22-8-4-3-5-9-22;;;/h11,13,24H,2-9,12H2,1H3;2*1H3;. The summed E-state index contributed by atoms with van der Waals surface area (Å²) in [4.78, 5) is 17.7. The van der Waals surface area contributed by atoms with Crippen molar-refractivity contribution in [1.29, 1.82) is 0 Å². The number of nitrogens with zero attached hydrogens (tertiary/aromatic N) is 2. The fourth-order valence-corrected chi connectivity index (χ4v) is 10.4. The molecule has 1 aromatic carbocycles. The Kier molecular flexibility index (Phi) is 7.32. The molecule has 163 valence electrons. The maximum absolute atomic E-state index is 13.2. The summed E-state index contributed by atoms with van der Waals surface area (Å²) in [5, 5.41) is 11.9. The number of phenolic OH excluding ortho intramolecular Hbond substituents is 1. The molecule has 1 aliphatic heterocycles. The van der Waals surface area contributed by atoms with Gasteiger partial charge in [0, 0.05) is 0 Å². The minimum atomic E-state index is -2.04. The number of halogens is 1. The van der Waals surface area contributed by atoms with E-state index in [-0.39, 0.29) is 5.97 Å². The van der Waals surface area contributed by atoms with Gasteiger partial charge in [0.1, 0.15) is 0 Å². The third-order valence-electron chi connectivity index (χ3n) is 5.91. The van der Waals surface area contributed by atoms with Gasteiger partial charge in [-0.3, -0.25) is 0 Å². The van der Waals surface area contributed by atoms with Crippen molar-refractivity contribution in [2.75, 3.05) is 19.7 Å². The molecule has 1 radical (unpaired) electrons. The van der Waals surface area contributed by atoms with Crippen LogP contribution in [0.1, 0.15) is 61.1 Å². The number of benzene rings is 1. The van der Waals surface area contributed by atoms with Crippen LogP contribution in [0.25, 0.3) is 10.9 Å². The van der Waals surface area contributed by atoms with Gasteiger partial charge in [0.25, 0.3) is 0 Å². The van der Waals surface area contributed by atoms with Gasteiger partial charge in [-0.15, -0.1) is 0 Å². The van der Waals surface area contributed by atoms with Crippen LogP contribution in [-0.2, 0) is 10.5 Å². The van der Waals surface area contributed by atoms with E-state index < -0.39 is 19.8 Å². The number of aromatic nitrogens is 1. The van der Waals surface area contributed by atoms with Crippen LogP contribution in [-0.4, -0.2) is 59.4 Å². The summed E-state index contributed by atoms with van der Waals surface area (Å²) < 4.78 is 12.1. The minimum absolute atomic E-state index is 0.247. The first-order valence-electron chi connectivity index (χ1n) is 10.9. The third kappa shape index (κ3) is 4.41. The molecule has 2 aromatic rings. The number of rotatable bonds is 7. The first-order chi connectivity index (χ1) is 14.4. The van der Waals surface area contributed by atoms with E-state index in [4.69, 9.17) is 4.74 Å². The van der Waals surface area contributed by atoms with Crippen molar-refractivity contribution in [3.63, 3.8) is 0 Å². The number of carbonyl (C=O) groups is 1. The van der Waals surface area contributed by atoms with E-state index >= 15 is 0 Å². The molecule has 1 aliphatic carbocycles. The molecule has 30 heavy (non-hydrogen) atoms. The summed E-state index contributed by atoms with van der Waals surface area (Å²) in [6.45, 7) is 4.44. The molecule has 1 aromatic heterocycles. The summed E-state index contributed by atoms with van der Waals surface area (Å²) in [6.07, 6.45) is 6.09. The fourth-order valence-electron chi connectivity index (χ4n) is 4.43. The van der Waals surface area contributed by atoms with E-state index in [9.17, 15) is 9.90 Å². The Morgan fingerprint density at radius 2 is 2.00 bits per heavy atom. The summed E-state index contributed by atoms with van der Waals surface area (Å²) >= 11 is 3.38. The molecule has 2 heterocycles. The summed E-state index contributed by atoms with van der Waals surface area (Å²) in [5.41, 5.74) is 2.85. The number of aromatic hydroxyl groups is 1. The van der Waals surface area contributed by atoms with Crippen LogP contribution in [0.2, 0.25) is 9.88 Å². The molecule has 5 nitrogen and oxygen atoms in total. The molecule has 1 saturated heterocycles. The van der Waals surface area contributed by atoms with Gasteiger partial charge in [-0.05, 0) is 0 Å². The Balaban J connectivity index is 1.90. The Morgan fingerprint density at radius 3 is 2.60 bits per heavy atom. The second-order valence-corrected chi connectivity index (χ2v) is 17.4. The normalized spacial score (nSPS) is 17.8. The second-order valence-electron chi connectivity index (χ2n) is 8.38. The Bertz CT molecular complexity index is 952. The van der Waals surface area contributed by atoms with Gasteiger partial charge in [-0.2, -0.15) is 0 Å². The number of esters is 1. The molecule has 2 aliphatic rings. The molecule has 1 N–H and O–H groups in total. The van der Waals surface area contributed by atoms with Crippen LogP contribution in [0, 0.1) is 0 Å². The van der Waals surface area contributed by atoms with Crippen LogP contribution in [0.3, 0.4) is 0 Å². The molecule has 8 heteroatoms. The van der Waals surface area contributed by atoms with E-state index in [2.05, 4.69) is 34.7 Å². The van der Waals surface area contributed by atoms with Gasteiger partial charge in [0.15, 0.2) is 0 Å². The topological polar surface area (TPSA) is 54.7 Å². The maximum atomic E-state index is 13.2. The van der Waals surface area contributed by atoms with Crippen LogP contribution in [0.4, 0.5) is 0 Å². The van der Waals surface area contributed by atoms with Crippen molar-refractivity contribution in [3.05, 3.63) is 21.8 Å². The molecule has 0 atom stereocenters. The molecule has 1 saturated carbocycles. The van der Waals surface area contributed by atoms with Gasteiger partial charge >= 0.3 is 200 Å². The van der Waals surface area contributed by atoms with Crippen molar-refractivity contribution in [2.24, 2.45) is 0 Å². The molecule has 0 spiro atoms. The first-order valence-corrected chi connectivity index (χ1v) is 19.7. The zero-order valence-electron chi connectivity index (χ0n) is 18.0. The number of piperidine rings is 1. The molecule has 2 fully saturated rings. The average Bonchev–Trinajstić information content (AvgIpc) is 3.50. The van der Waals surface area contributed by atoms with Crippen molar-refractivity contribution in [3.8, 4) is 5.75 Å². The van der Waals surface area contributed by atoms with Crippen LogP contribution in [0.5, 0.6) is 5.75 Å². The van der Waals surface area contributed by atoms with Gasteiger partial charge in [0.2, 0.25) is 0 Å². The van der Waals surface area contributed by atoms with Crippen LogP contribution in [0.15, 0.2) is 10.5 Å². The number of phenols is 1. The van der Waals surface area contributed by atoms with Gasteiger partial charge in [-0.25, -0.2) is 0 Å². The van der Waals surface area contributed by atoms with Crippen LogP contribution >= 0.6 is 27.9 Å². The third-order valence-corrected chi connectivity index (χ3v) is 11.9. The molecule has 0 bridgehead atoms. The zero-order chi connectivity index (χ0) is 21.4. The first kappa shape index (κ1) is 22.8. The Hall–Kier alpha value is -0.381. The van der Waals surface area contributed by atoms with E-state index in [0.29, 0.717) is 24.0 Å². The average molecular weight is 601 g/mol. The second kappa shape index (κ2) is 9.63. The quantitative estimate of drug-likeness (QED) is 0.268. The number of fused-ring (bicyclic) bond motifs is 1. The molecule has 4 rings (SSSR count). The summed E-state index contributed by atoms with van der Waals surface area (Å²) in [5.74, 6) is 0.836. The van der Waals surface area contributed by atoms with Crippen LogP contribution < -0.4 is 3.58 Å². The predicted molar refractivity (Wildman–Crippen MR) is 129 cm³/mol. The van der Waals surface area contributed by atoms with Gasteiger partial charge < -0.3 is 0 Å². The van der Waals surface area contributed by atoms with Gasteiger partial charge in [-0.1, -0.05) is 0 Å². The number of hydrogen-bond donors (Lipinski definition) is 1. The predicted octanol–water partition coefficient (Wildman–Crippen LogP) is 5.22. The van der Waals surface area contributed by atoms with Crippen molar-refractivity contribution in [1.82, 2.24) is 8.87 Å². The van der Waals surface area contributed by atoms with Crippen molar-refractivity contribution >= 4 is 68.1 Å². The fraction of sp³-hybridized carbons (Fsp3) is 0.591. The van der Waals surface area contributed by atoms with Gasteiger partial charge in [0.05, 0.1) is 0 Å².